The lowest BCUT2D eigenvalue weighted by molar-refractivity contribution is 0.145. The van der Waals surface area contributed by atoms with Crippen molar-refractivity contribution in [3.8, 4) is 0 Å². The van der Waals surface area contributed by atoms with Crippen molar-refractivity contribution in [3.05, 3.63) is 29.1 Å². The molecule has 2 fully saturated rings. The van der Waals surface area contributed by atoms with Gasteiger partial charge in [-0.05, 0) is 71.5 Å². The Kier molecular flexibility index (Phi) is 6.59. The zero-order chi connectivity index (χ0) is 19.7. The number of nitrogens with zero attached hydrogens (tertiary/aromatic N) is 1. The Labute approximate surface area is 162 Å². The Hall–Kier alpha value is -0.890. The van der Waals surface area contributed by atoms with Crippen LogP contribution in [-0.2, 0) is 10.2 Å². The molecule has 0 spiro atoms. The third-order valence-electron chi connectivity index (χ3n) is 6.22. The number of hydrogen-bond donors (Lipinski definition) is 0. The van der Waals surface area contributed by atoms with Crippen LogP contribution < -0.4 is 0 Å². The first-order valence-electron chi connectivity index (χ1n) is 10.4. The molecule has 2 heterocycles. The average molecular weight is 360 g/mol. The van der Waals surface area contributed by atoms with E-state index in [4.69, 9.17) is 4.74 Å². The molecule has 0 N–H and O–H groups in total. The average Bonchev–Trinajstić information content (AvgIpc) is 3.06. The molecule has 0 aromatic carbocycles. The first-order chi connectivity index (χ1) is 11.9. The molecule has 2 unspecified atom stereocenters. The van der Waals surface area contributed by atoms with Gasteiger partial charge in [0.2, 0.25) is 0 Å². The molecule has 0 bridgehead atoms. The number of ether oxygens (including phenoxy) is 1. The van der Waals surface area contributed by atoms with E-state index >= 15 is 0 Å². The number of rotatable bonds is 1. The molecule has 1 saturated carbocycles. The van der Waals surface area contributed by atoms with Crippen LogP contribution >= 0.6 is 0 Å². The summed E-state index contributed by atoms with van der Waals surface area (Å²) in [4.78, 5) is 4.51. The molecule has 1 aliphatic carbocycles. The summed E-state index contributed by atoms with van der Waals surface area (Å²) in [5.74, 6) is 3.24. The molecule has 1 aliphatic heterocycles. The van der Waals surface area contributed by atoms with Crippen LogP contribution in [0.5, 0.6) is 0 Å². The molecule has 2 heteroatoms. The van der Waals surface area contributed by atoms with E-state index < -0.39 is 0 Å². The third kappa shape index (κ3) is 5.09. The summed E-state index contributed by atoms with van der Waals surface area (Å²) in [7, 11) is 0. The van der Waals surface area contributed by atoms with Crippen molar-refractivity contribution in [2.75, 3.05) is 13.2 Å². The normalized spacial score (nSPS) is 25.8. The maximum absolute atomic E-state index is 5.47. The Balaban J connectivity index is 0.000000189. The first kappa shape index (κ1) is 21.4. The van der Waals surface area contributed by atoms with Crippen LogP contribution in [0.3, 0.4) is 0 Å². The highest BCUT2D eigenvalue weighted by Crippen LogP contribution is 2.47. The lowest BCUT2D eigenvalue weighted by Crippen LogP contribution is -2.18. The summed E-state index contributed by atoms with van der Waals surface area (Å²) < 4.78 is 5.47. The van der Waals surface area contributed by atoms with E-state index in [0.29, 0.717) is 11.3 Å². The molecule has 2 nitrogen and oxygen atoms in total. The highest BCUT2D eigenvalue weighted by molar-refractivity contribution is 5.36. The second kappa shape index (κ2) is 8.00. The highest BCUT2D eigenvalue weighted by atomic mass is 16.5. The molecule has 148 valence electrons. The van der Waals surface area contributed by atoms with Gasteiger partial charge in [-0.15, -0.1) is 0 Å². The molecule has 0 amide bonds. The molecule has 1 saturated heterocycles. The topological polar surface area (TPSA) is 22.1 Å². The van der Waals surface area contributed by atoms with Crippen LogP contribution in [0.15, 0.2) is 12.3 Å². The number of fused-ring (bicyclic) bond motifs is 1. The van der Waals surface area contributed by atoms with E-state index in [1.807, 2.05) is 6.20 Å². The fourth-order valence-corrected chi connectivity index (χ4v) is 4.69. The summed E-state index contributed by atoms with van der Waals surface area (Å²) in [6, 6.07) is 2.10. The molecule has 0 radical (unpaired) electrons. The Morgan fingerprint density at radius 2 is 1.54 bits per heavy atom. The highest BCUT2D eigenvalue weighted by Gasteiger charge is 2.42. The summed E-state index contributed by atoms with van der Waals surface area (Å²) in [6.45, 7) is 22.5. The van der Waals surface area contributed by atoms with Gasteiger partial charge in [0.15, 0.2) is 0 Å². The molecule has 3 rings (SSSR count). The molecular weight excluding hydrogens is 318 g/mol. The number of pyridine rings is 1. The van der Waals surface area contributed by atoms with Crippen LogP contribution in [0, 0.1) is 30.1 Å². The van der Waals surface area contributed by atoms with Crippen LogP contribution in [0.25, 0.3) is 0 Å². The van der Waals surface area contributed by atoms with Crippen LogP contribution in [0.4, 0.5) is 0 Å². The predicted octanol–water partition coefficient (Wildman–Crippen LogP) is 6.52. The van der Waals surface area contributed by atoms with E-state index in [-0.39, 0.29) is 5.41 Å². The third-order valence-corrected chi connectivity index (χ3v) is 6.22. The van der Waals surface area contributed by atoms with E-state index in [1.165, 1.54) is 29.7 Å². The van der Waals surface area contributed by atoms with Crippen molar-refractivity contribution in [2.24, 2.45) is 23.2 Å². The minimum Gasteiger partial charge on any atom is -0.381 e. The molecule has 26 heavy (non-hydrogen) atoms. The van der Waals surface area contributed by atoms with Gasteiger partial charge in [0.1, 0.15) is 0 Å². The van der Waals surface area contributed by atoms with E-state index in [9.17, 15) is 0 Å². The van der Waals surface area contributed by atoms with Gasteiger partial charge in [-0.3, -0.25) is 4.98 Å². The SMILES string of the molecule is CC(C)(C)C1CC2COCC2C1.Cc1ccnc(C(C)C)c1C(C)(C)C. The Morgan fingerprint density at radius 3 is 1.92 bits per heavy atom. The maximum Gasteiger partial charge on any atom is 0.0498 e. The van der Waals surface area contributed by atoms with Gasteiger partial charge >= 0.3 is 0 Å². The number of aryl methyl sites for hydroxylation is 1. The van der Waals surface area contributed by atoms with E-state index in [1.54, 1.807) is 0 Å². The quantitative estimate of drug-likeness (QED) is 0.569. The fraction of sp³-hybridized carbons (Fsp3) is 0.792. The van der Waals surface area contributed by atoms with Crippen LogP contribution in [0.1, 0.15) is 91.0 Å². The Morgan fingerprint density at radius 1 is 1.00 bits per heavy atom. The van der Waals surface area contributed by atoms with Crippen molar-refractivity contribution in [1.82, 2.24) is 4.98 Å². The molecule has 1 aromatic heterocycles. The zero-order valence-corrected chi connectivity index (χ0v) is 18.6. The van der Waals surface area contributed by atoms with Gasteiger partial charge in [0.05, 0.1) is 0 Å². The van der Waals surface area contributed by atoms with E-state index in [0.717, 1.165) is 31.0 Å². The van der Waals surface area contributed by atoms with Crippen molar-refractivity contribution in [3.63, 3.8) is 0 Å². The van der Waals surface area contributed by atoms with Crippen molar-refractivity contribution in [1.29, 1.82) is 0 Å². The second-order valence-corrected chi connectivity index (χ2v) is 10.9. The van der Waals surface area contributed by atoms with E-state index in [2.05, 4.69) is 73.4 Å². The van der Waals surface area contributed by atoms with Gasteiger partial charge in [0.25, 0.3) is 0 Å². The van der Waals surface area contributed by atoms with Gasteiger partial charge in [-0.1, -0.05) is 55.4 Å². The predicted molar refractivity (Wildman–Crippen MR) is 112 cm³/mol. The standard InChI is InChI=1S/C13H21N.C11H20O/c1-9(2)12-11(13(4,5)6)10(3)7-8-14-12;1-11(2,3)10-4-8-6-12-7-9(8)5-10/h7-9H,1-6H3;8-10H,4-7H2,1-3H3. The minimum atomic E-state index is 0.192. The van der Waals surface area contributed by atoms with Crippen molar-refractivity contribution in [2.45, 2.75) is 86.5 Å². The molecule has 2 aliphatic rings. The lowest BCUT2D eigenvalue weighted by atomic mass is 9.79. The zero-order valence-electron chi connectivity index (χ0n) is 18.6. The summed E-state index contributed by atoms with van der Waals surface area (Å²) in [6.07, 6.45) is 4.74. The minimum absolute atomic E-state index is 0.192. The molecular formula is C24H41NO. The number of hydrogen-bond acceptors (Lipinski definition) is 2. The van der Waals surface area contributed by atoms with Crippen LogP contribution in [0.2, 0.25) is 0 Å². The van der Waals surface area contributed by atoms with Gasteiger partial charge < -0.3 is 4.74 Å². The lowest BCUT2D eigenvalue weighted by Gasteiger charge is -2.27. The van der Waals surface area contributed by atoms with Crippen molar-refractivity contribution >= 4 is 0 Å². The van der Waals surface area contributed by atoms with Gasteiger partial charge in [0, 0.05) is 25.1 Å². The van der Waals surface area contributed by atoms with Gasteiger partial charge in [-0.25, -0.2) is 0 Å². The van der Waals surface area contributed by atoms with Gasteiger partial charge in [-0.2, -0.15) is 0 Å². The summed E-state index contributed by atoms with van der Waals surface area (Å²) in [5, 5.41) is 0. The Bertz CT molecular complexity index is 579. The largest absolute Gasteiger partial charge is 0.381 e. The smallest absolute Gasteiger partial charge is 0.0498 e. The molecule has 1 aromatic rings. The second-order valence-electron chi connectivity index (χ2n) is 10.9. The monoisotopic (exact) mass is 359 g/mol. The molecule has 2 atom stereocenters. The maximum atomic E-state index is 5.47. The van der Waals surface area contributed by atoms with Crippen LogP contribution in [-0.4, -0.2) is 18.2 Å². The summed E-state index contributed by atoms with van der Waals surface area (Å²) in [5.41, 5.74) is 4.73. The summed E-state index contributed by atoms with van der Waals surface area (Å²) >= 11 is 0. The fourth-order valence-electron chi connectivity index (χ4n) is 4.69. The van der Waals surface area contributed by atoms with Crippen molar-refractivity contribution < 1.29 is 4.74 Å². The number of aromatic nitrogens is 1. The first-order valence-corrected chi connectivity index (χ1v) is 10.4.